The summed E-state index contributed by atoms with van der Waals surface area (Å²) in [5.41, 5.74) is 2.23. The molecule has 0 unspecified atom stereocenters. The molecule has 0 atom stereocenters. The largest absolute Gasteiger partial charge is 0.395 e. The van der Waals surface area contributed by atoms with Crippen LogP contribution in [-0.4, -0.2) is 49.6 Å². The lowest BCUT2D eigenvalue weighted by Gasteiger charge is -2.17. The van der Waals surface area contributed by atoms with Crippen molar-refractivity contribution in [2.75, 3.05) is 38.2 Å². The molecule has 4 nitrogen and oxygen atoms in total. The van der Waals surface area contributed by atoms with Crippen molar-refractivity contribution in [2.45, 2.75) is 12.8 Å². The number of nitrogens with zero attached hydrogens (tertiary/aromatic N) is 3. The maximum Gasteiger partial charge on any atom is 0.0606 e. The Hall–Kier alpha value is -1.55. The number of anilines is 1. The molecule has 1 aliphatic rings. The van der Waals surface area contributed by atoms with E-state index in [9.17, 15) is 0 Å². The van der Waals surface area contributed by atoms with Crippen molar-refractivity contribution in [3.05, 3.63) is 29.8 Å². The summed E-state index contributed by atoms with van der Waals surface area (Å²) in [5, 5.41) is 15.5. The molecule has 1 saturated heterocycles. The van der Waals surface area contributed by atoms with Crippen molar-refractivity contribution in [3.8, 4) is 0 Å². The Kier molecular flexibility index (Phi) is 4.59. The molecule has 98 valence electrons. The van der Waals surface area contributed by atoms with Crippen LogP contribution in [0.4, 0.5) is 5.69 Å². The molecule has 0 radical (unpaired) electrons. The number of benzene rings is 1. The standard InChI is InChI=1S/C14H21N3O/c1-16(10-11-18)14-6-4-13(5-7-14)12-15-17-8-2-3-9-17/h4-7,12,18H,2-3,8-11H2,1H3. The first-order valence-electron chi connectivity index (χ1n) is 6.50. The molecule has 0 amide bonds. The van der Waals surface area contributed by atoms with Gasteiger partial charge >= 0.3 is 0 Å². The van der Waals surface area contributed by atoms with Crippen LogP contribution in [0.3, 0.4) is 0 Å². The van der Waals surface area contributed by atoms with Crippen LogP contribution in [0.1, 0.15) is 18.4 Å². The van der Waals surface area contributed by atoms with Crippen molar-refractivity contribution in [1.29, 1.82) is 0 Å². The van der Waals surface area contributed by atoms with Gasteiger partial charge in [0.05, 0.1) is 12.8 Å². The zero-order valence-corrected chi connectivity index (χ0v) is 10.9. The van der Waals surface area contributed by atoms with Gasteiger partial charge in [0.25, 0.3) is 0 Å². The van der Waals surface area contributed by atoms with E-state index in [2.05, 4.69) is 34.4 Å². The Morgan fingerprint density at radius 1 is 1.28 bits per heavy atom. The van der Waals surface area contributed by atoms with E-state index >= 15 is 0 Å². The Bertz CT molecular complexity index is 383. The van der Waals surface area contributed by atoms with Crippen LogP contribution in [0.2, 0.25) is 0 Å². The van der Waals surface area contributed by atoms with E-state index < -0.39 is 0 Å². The van der Waals surface area contributed by atoms with Crippen molar-refractivity contribution < 1.29 is 5.11 Å². The smallest absolute Gasteiger partial charge is 0.0606 e. The second kappa shape index (κ2) is 6.40. The molecule has 1 N–H and O–H groups in total. The number of hydrazone groups is 1. The zero-order chi connectivity index (χ0) is 12.8. The van der Waals surface area contributed by atoms with E-state index in [0.29, 0.717) is 6.54 Å². The molecule has 1 aromatic carbocycles. The van der Waals surface area contributed by atoms with Gasteiger partial charge in [0.15, 0.2) is 0 Å². The van der Waals surface area contributed by atoms with Crippen molar-refractivity contribution >= 4 is 11.9 Å². The monoisotopic (exact) mass is 247 g/mol. The maximum absolute atomic E-state index is 8.89. The third-order valence-corrected chi connectivity index (χ3v) is 3.22. The van der Waals surface area contributed by atoms with Crippen LogP contribution in [0.15, 0.2) is 29.4 Å². The van der Waals surface area contributed by atoms with Crippen LogP contribution in [0.25, 0.3) is 0 Å². The highest BCUT2D eigenvalue weighted by atomic mass is 16.3. The minimum Gasteiger partial charge on any atom is -0.395 e. The van der Waals surface area contributed by atoms with Crippen LogP contribution >= 0.6 is 0 Å². The number of likely N-dealkylation sites (N-methyl/N-ethyl adjacent to an activating group) is 1. The first kappa shape index (κ1) is 12.9. The minimum absolute atomic E-state index is 0.175. The first-order valence-corrected chi connectivity index (χ1v) is 6.50. The van der Waals surface area contributed by atoms with E-state index in [1.165, 1.54) is 12.8 Å². The molecule has 0 spiro atoms. The molecule has 4 heteroatoms. The van der Waals surface area contributed by atoms with E-state index in [4.69, 9.17) is 5.11 Å². The SMILES string of the molecule is CN(CCO)c1ccc(C=NN2CCCC2)cc1. The third kappa shape index (κ3) is 3.47. The lowest BCUT2D eigenvalue weighted by molar-refractivity contribution is 0.304. The lowest BCUT2D eigenvalue weighted by atomic mass is 10.2. The molecule has 2 rings (SSSR count). The molecule has 1 aromatic rings. The van der Waals surface area contributed by atoms with Gasteiger partial charge in [-0.3, -0.25) is 5.01 Å². The third-order valence-electron chi connectivity index (χ3n) is 3.22. The Morgan fingerprint density at radius 2 is 1.94 bits per heavy atom. The van der Waals surface area contributed by atoms with Gasteiger partial charge in [-0.05, 0) is 30.5 Å². The number of rotatable bonds is 5. The van der Waals surface area contributed by atoms with Gasteiger partial charge in [0.1, 0.15) is 0 Å². The van der Waals surface area contributed by atoms with Crippen LogP contribution in [0, 0.1) is 0 Å². The molecule has 0 bridgehead atoms. The summed E-state index contributed by atoms with van der Waals surface area (Å²) in [5.74, 6) is 0. The summed E-state index contributed by atoms with van der Waals surface area (Å²) in [7, 11) is 1.98. The van der Waals surface area contributed by atoms with Gasteiger partial charge in [-0.15, -0.1) is 0 Å². The molecule has 1 fully saturated rings. The second-order valence-corrected chi connectivity index (χ2v) is 4.64. The van der Waals surface area contributed by atoms with Gasteiger partial charge in [-0.1, -0.05) is 12.1 Å². The summed E-state index contributed by atoms with van der Waals surface area (Å²) < 4.78 is 0. The summed E-state index contributed by atoms with van der Waals surface area (Å²) >= 11 is 0. The molecule has 1 heterocycles. The molecule has 0 aromatic heterocycles. The molecule has 0 saturated carbocycles. The van der Waals surface area contributed by atoms with Crippen LogP contribution < -0.4 is 4.90 Å². The van der Waals surface area contributed by atoms with E-state index in [1.54, 1.807) is 0 Å². The number of hydrogen-bond donors (Lipinski definition) is 1. The lowest BCUT2D eigenvalue weighted by Crippen LogP contribution is -2.20. The number of aliphatic hydroxyl groups is 1. The highest BCUT2D eigenvalue weighted by molar-refractivity contribution is 5.80. The minimum atomic E-state index is 0.175. The quantitative estimate of drug-likeness (QED) is 0.802. The Morgan fingerprint density at radius 3 is 2.56 bits per heavy atom. The molecular formula is C14H21N3O. The topological polar surface area (TPSA) is 39.1 Å². The average molecular weight is 247 g/mol. The van der Waals surface area contributed by atoms with Crippen LogP contribution in [-0.2, 0) is 0 Å². The van der Waals surface area contributed by atoms with Gasteiger partial charge in [-0.2, -0.15) is 5.10 Å². The fraction of sp³-hybridized carbons (Fsp3) is 0.500. The first-order chi connectivity index (χ1) is 8.79. The van der Waals surface area contributed by atoms with Gasteiger partial charge in [0.2, 0.25) is 0 Å². The van der Waals surface area contributed by atoms with Gasteiger partial charge in [-0.25, -0.2) is 0 Å². The number of hydrogen-bond acceptors (Lipinski definition) is 4. The molecular weight excluding hydrogens is 226 g/mol. The highest BCUT2D eigenvalue weighted by Gasteiger charge is 2.07. The number of aliphatic hydroxyl groups excluding tert-OH is 1. The average Bonchev–Trinajstić information content (AvgIpc) is 2.90. The van der Waals surface area contributed by atoms with Crippen molar-refractivity contribution in [2.24, 2.45) is 5.10 Å². The molecule has 1 aliphatic heterocycles. The summed E-state index contributed by atoms with van der Waals surface area (Å²) in [6, 6.07) is 8.23. The summed E-state index contributed by atoms with van der Waals surface area (Å²) in [6.07, 6.45) is 4.42. The highest BCUT2D eigenvalue weighted by Crippen LogP contribution is 2.13. The van der Waals surface area contributed by atoms with Crippen molar-refractivity contribution in [1.82, 2.24) is 5.01 Å². The predicted molar refractivity (Wildman–Crippen MR) is 75.2 cm³/mol. The zero-order valence-electron chi connectivity index (χ0n) is 10.9. The van der Waals surface area contributed by atoms with E-state index in [-0.39, 0.29) is 6.61 Å². The Labute approximate surface area is 109 Å². The normalized spacial score (nSPS) is 15.6. The summed E-state index contributed by atoms with van der Waals surface area (Å²) in [6.45, 7) is 2.98. The predicted octanol–water partition coefficient (Wildman–Crippen LogP) is 1.54. The second-order valence-electron chi connectivity index (χ2n) is 4.64. The molecule has 0 aliphatic carbocycles. The van der Waals surface area contributed by atoms with Gasteiger partial charge < -0.3 is 10.0 Å². The fourth-order valence-electron chi connectivity index (χ4n) is 2.06. The van der Waals surface area contributed by atoms with Crippen molar-refractivity contribution in [3.63, 3.8) is 0 Å². The fourth-order valence-corrected chi connectivity index (χ4v) is 2.06. The molecule has 18 heavy (non-hydrogen) atoms. The van der Waals surface area contributed by atoms with Gasteiger partial charge in [0, 0.05) is 32.4 Å². The maximum atomic E-state index is 8.89. The van der Waals surface area contributed by atoms with Crippen LogP contribution in [0.5, 0.6) is 0 Å². The van der Waals surface area contributed by atoms with E-state index in [0.717, 1.165) is 24.3 Å². The van der Waals surface area contributed by atoms with E-state index in [1.807, 2.05) is 18.2 Å². The Balaban J connectivity index is 1.94. The summed E-state index contributed by atoms with van der Waals surface area (Å²) in [4.78, 5) is 2.03.